The fourth-order valence-electron chi connectivity index (χ4n) is 2.38. The normalized spacial score (nSPS) is 28.1. The molecule has 22 heavy (non-hydrogen) atoms. The largest absolute Gasteiger partial charge is 0.387 e. The van der Waals surface area contributed by atoms with Crippen molar-refractivity contribution in [2.75, 3.05) is 13.2 Å². The molecule has 0 bridgehead atoms. The van der Waals surface area contributed by atoms with Gasteiger partial charge in [0.1, 0.15) is 18.3 Å². The van der Waals surface area contributed by atoms with E-state index >= 15 is 0 Å². The minimum Gasteiger partial charge on any atom is -0.387 e. The van der Waals surface area contributed by atoms with Crippen LogP contribution in [0.15, 0.2) is 21.9 Å². The Morgan fingerprint density at radius 1 is 1.32 bits per heavy atom. The molecule has 0 saturated carbocycles. The molecule has 0 unspecified atom stereocenters. The SMILES string of the molecule is CCCCCOC[C@H]1O[C@@H](n2ccc(=O)[nH]c2=O)[C@H](O)[C@@H]1O. The average molecular weight is 314 g/mol. The number of rotatable bonds is 7. The summed E-state index contributed by atoms with van der Waals surface area (Å²) in [6.07, 6.45) is 0.0945. The van der Waals surface area contributed by atoms with Crippen molar-refractivity contribution in [2.24, 2.45) is 0 Å². The highest BCUT2D eigenvalue weighted by Crippen LogP contribution is 2.28. The first-order chi connectivity index (χ1) is 10.5. The second-order valence-electron chi connectivity index (χ2n) is 5.35. The molecule has 1 saturated heterocycles. The molecule has 3 N–H and O–H groups in total. The zero-order valence-corrected chi connectivity index (χ0v) is 12.5. The molecule has 0 aromatic carbocycles. The molecule has 0 radical (unpaired) electrons. The number of aliphatic hydroxyl groups is 2. The van der Waals surface area contributed by atoms with Gasteiger partial charge in [-0.2, -0.15) is 0 Å². The Labute approximate surface area is 127 Å². The maximum atomic E-state index is 11.7. The number of hydrogen-bond donors (Lipinski definition) is 3. The van der Waals surface area contributed by atoms with Crippen molar-refractivity contribution < 1.29 is 19.7 Å². The Bertz CT molecular complexity index is 583. The number of H-pyrrole nitrogens is 1. The summed E-state index contributed by atoms with van der Waals surface area (Å²) in [5.74, 6) is 0. The number of aromatic amines is 1. The molecule has 0 amide bonds. The van der Waals surface area contributed by atoms with Gasteiger partial charge in [0.25, 0.3) is 5.56 Å². The van der Waals surface area contributed by atoms with E-state index in [-0.39, 0.29) is 6.61 Å². The first-order valence-electron chi connectivity index (χ1n) is 7.45. The molecule has 2 heterocycles. The Morgan fingerprint density at radius 3 is 2.77 bits per heavy atom. The minimum atomic E-state index is -1.27. The van der Waals surface area contributed by atoms with Gasteiger partial charge in [0.15, 0.2) is 6.23 Å². The van der Waals surface area contributed by atoms with Crippen molar-refractivity contribution in [1.82, 2.24) is 9.55 Å². The van der Waals surface area contributed by atoms with Gasteiger partial charge in [-0.25, -0.2) is 4.79 Å². The zero-order chi connectivity index (χ0) is 16.1. The Kier molecular flexibility index (Phi) is 5.90. The second-order valence-corrected chi connectivity index (χ2v) is 5.35. The summed E-state index contributed by atoms with van der Waals surface area (Å²) in [4.78, 5) is 24.9. The van der Waals surface area contributed by atoms with Crippen LogP contribution in [-0.4, -0.2) is 51.3 Å². The lowest BCUT2D eigenvalue weighted by atomic mass is 10.1. The highest BCUT2D eigenvalue weighted by atomic mass is 16.6. The van der Waals surface area contributed by atoms with Crippen molar-refractivity contribution in [1.29, 1.82) is 0 Å². The van der Waals surface area contributed by atoms with Crippen molar-refractivity contribution in [2.45, 2.75) is 50.7 Å². The van der Waals surface area contributed by atoms with E-state index in [1.54, 1.807) is 0 Å². The molecular weight excluding hydrogens is 292 g/mol. The number of hydrogen-bond acceptors (Lipinski definition) is 6. The van der Waals surface area contributed by atoms with Crippen LogP contribution in [0.2, 0.25) is 0 Å². The monoisotopic (exact) mass is 314 g/mol. The summed E-state index contributed by atoms with van der Waals surface area (Å²) in [6, 6.07) is 1.15. The third kappa shape index (κ3) is 3.83. The van der Waals surface area contributed by atoms with Gasteiger partial charge < -0.3 is 19.7 Å². The van der Waals surface area contributed by atoms with Gasteiger partial charge in [-0.15, -0.1) is 0 Å². The molecule has 8 nitrogen and oxygen atoms in total. The molecule has 8 heteroatoms. The highest BCUT2D eigenvalue weighted by Gasteiger charge is 2.44. The van der Waals surface area contributed by atoms with Gasteiger partial charge in [-0.3, -0.25) is 14.3 Å². The molecule has 1 fully saturated rings. The van der Waals surface area contributed by atoms with Gasteiger partial charge in [-0.05, 0) is 6.42 Å². The minimum absolute atomic E-state index is 0.135. The van der Waals surface area contributed by atoms with Crippen molar-refractivity contribution in [3.63, 3.8) is 0 Å². The summed E-state index contributed by atoms with van der Waals surface area (Å²) < 4.78 is 12.0. The topological polar surface area (TPSA) is 114 Å². The van der Waals surface area contributed by atoms with Crippen LogP contribution >= 0.6 is 0 Å². The van der Waals surface area contributed by atoms with Gasteiger partial charge in [0.05, 0.1) is 6.61 Å². The van der Waals surface area contributed by atoms with Crippen LogP contribution in [0.5, 0.6) is 0 Å². The summed E-state index contributed by atoms with van der Waals surface area (Å²) in [6.45, 7) is 2.78. The third-order valence-electron chi connectivity index (χ3n) is 3.64. The molecule has 1 aromatic rings. The number of nitrogens with one attached hydrogen (secondary N) is 1. The van der Waals surface area contributed by atoms with Crippen LogP contribution in [0.4, 0.5) is 0 Å². The summed E-state index contributed by atoms with van der Waals surface area (Å²) in [5, 5.41) is 20.0. The zero-order valence-electron chi connectivity index (χ0n) is 12.5. The van der Waals surface area contributed by atoms with Crippen LogP contribution < -0.4 is 11.2 Å². The quantitative estimate of drug-likeness (QED) is 0.577. The van der Waals surface area contributed by atoms with E-state index in [0.717, 1.165) is 29.9 Å². The van der Waals surface area contributed by atoms with Crippen LogP contribution in [0.25, 0.3) is 0 Å². The van der Waals surface area contributed by atoms with Crippen molar-refractivity contribution in [3.05, 3.63) is 33.1 Å². The molecule has 2 rings (SSSR count). The van der Waals surface area contributed by atoms with Gasteiger partial charge in [0, 0.05) is 18.9 Å². The van der Waals surface area contributed by atoms with E-state index in [4.69, 9.17) is 9.47 Å². The van der Waals surface area contributed by atoms with Gasteiger partial charge in [-0.1, -0.05) is 19.8 Å². The molecule has 124 valence electrons. The summed E-state index contributed by atoms with van der Waals surface area (Å²) in [7, 11) is 0. The van der Waals surface area contributed by atoms with E-state index in [0.29, 0.717) is 6.61 Å². The van der Waals surface area contributed by atoms with Crippen molar-refractivity contribution >= 4 is 0 Å². The van der Waals surface area contributed by atoms with Crippen molar-refractivity contribution in [3.8, 4) is 0 Å². The van der Waals surface area contributed by atoms with E-state index in [1.807, 2.05) is 0 Å². The van der Waals surface area contributed by atoms with E-state index in [2.05, 4.69) is 11.9 Å². The van der Waals surface area contributed by atoms with Gasteiger partial charge >= 0.3 is 5.69 Å². The number of ether oxygens (including phenoxy) is 2. The lowest BCUT2D eigenvalue weighted by molar-refractivity contribution is -0.0686. The third-order valence-corrected chi connectivity index (χ3v) is 3.64. The molecule has 1 aromatic heterocycles. The number of aromatic nitrogens is 2. The lowest BCUT2D eigenvalue weighted by Gasteiger charge is -2.16. The van der Waals surface area contributed by atoms with Gasteiger partial charge in [0.2, 0.25) is 0 Å². The smallest absolute Gasteiger partial charge is 0.330 e. The molecule has 0 spiro atoms. The van der Waals surface area contributed by atoms with E-state index in [9.17, 15) is 19.8 Å². The van der Waals surface area contributed by atoms with Crippen LogP contribution in [0.3, 0.4) is 0 Å². The molecule has 1 aliphatic rings. The Hall–Kier alpha value is -1.48. The molecule has 0 aliphatic carbocycles. The number of nitrogens with zero attached hydrogens (tertiary/aromatic N) is 1. The summed E-state index contributed by atoms with van der Waals surface area (Å²) >= 11 is 0. The number of unbranched alkanes of at least 4 members (excludes halogenated alkanes) is 2. The van der Waals surface area contributed by atoms with Crippen LogP contribution in [-0.2, 0) is 9.47 Å². The average Bonchev–Trinajstić information content (AvgIpc) is 2.75. The first kappa shape index (κ1) is 16.9. The maximum absolute atomic E-state index is 11.7. The van der Waals surface area contributed by atoms with E-state index < -0.39 is 35.8 Å². The molecular formula is C14H22N2O6. The highest BCUT2D eigenvalue weighted by molar-refractivity contribution is 4.93. The lowest BCUT2D eigenvalue weighted by Crippen LogP contribution is -2.37. The summed E-state index contributed by atoms with van der Waals surface area (Å²) in [5.41, 5.74) is -1.24. The fourth-order valence-corrected chi connectivity index (χ4v) is 2.38. The van der Waals surface area contributed by atoms with E-state index in [1.165, 1.54) is 6.20 Å². The molecule has 4 atom stereocenters. The van der Waals surface area contributed by atoms with Crippen LogP contribution in [0.1, 0.15) is 32.4 Å². The fraction of sp³-hybridized carbons (Fsp3) is 0.714. The Morgan fingerprint density at radius 2 is 2.09 bits per heavy atom. The molecule has 1 aliphatic heterocycles. The number of aliphatic hydroxyl groups excluding tert-OH is 2. The standard InChI is InChI=1S/C14H22N2O6/c1-2-3-4-7-21-8-9-11(18)12(19)13(22-9)16-6-5-10(17)15-14(16)20/h5-6,9,11-13,18-19H,2-4,7-8H2,1H3,(H,15,17,20)/t9-,11-,12-,13-/m1/s1. The second kappa shape index (κ2) is 7.68. The predicted octanol–water partition coefficient (Wildman–Crippen LogP) is -0.637. The predicted molar refractivity (Wildman–Crippen MR) is 77.6 cm³/mol. The van der Waals surface area contributed by atoms with Crippen LogP contribution in [0, 0.1) is 0 Å². The maximum Gasteiger partial charge on any atom is 0.330 e. The first-order valence-corrected chi connectivity index (χ1v) is 7.45. The Balaban J connectivity index is 1.97.